The third kappa shape index (κ3) is 10.7. The summed E-state index contributed by atoms with van der Waals surface area (Å²) >= 11 is 0. The van der Waals surface area contributed by atoms with Crippen LogP contribution in [-0.2, 0) is 45.8 Å². The first-order valence-corrected chi connectivity index (χ1v) is 20.2. The van der Waals surface area contributed by atoms with E-state index in [1.54, 1.807) is 6.20 Å². The summed E-state index contributed by atoms with van der Waals surface area (Å²) in [7, 11) is 0. The Labute approximate surface area is 368 Å². The van der Waals surface area contributed by atoms with E-state index in [0.29, 0.717) is 0 Å². The molecule has 0 radical (unpaired) electrons. The van der Waals surface area contributed by atoms with Crippen LogP contribution in [-0.4, -0.2) is 19.7 Å². The van der Waals surface area contributed by atoms with Crippen molar-refractivity contribution in [2.75, 3.05) is 0 Å². The van der Waals surface area contributed by atoms with Crippen molar-refractivity contribution in [3.63, 3.8) is 0 Å². The third-order valence-corrected chi connectivity index (χ3v) is 10.5. The quantitative estimate of drug-likeness (QED) is 0.121. The zero-order valence-corrected chi connectivity index (χ0v) is 36.2. The molecule has 3 heterocycles. The molecule has 0 atom stereocenters. The maximum Gasteiger partial charge on any atom is 3.00 e. The van der Waals surface area contributed by atoms with E-state index in [-0.39, 0.29) is 20.1 Å². The second kappa shape index (κ2) is 20.4. The Morgan fingerprint density at radius 1 is 0.483 bits per heavy atom. The molecule has 0 saturated heterocycles. The van der Waals surface area contributed by atoms with Crippen molar-refractivity contribution in [2.45, 2.75) is 39.5 Å². The van der Waals surface area contributed by atoms with Crippen molar-refractivity contribution in [3.8, 4) is 50.5 Å². The molecular weight excluding hydrogens is 909 g/mol. The van der Waals surface area contributed by atoms with Gasteiger partial charge < -0.3 is 9.97 Å². The van der Waals surface area contributed by atoms with E-state index in [2.05, 4.69) is 156 Å². The van der Waals surface area contributed by atoms with Crippen LogP contribution in [0.4, 0.5) is 0 Å². The average molecular weight is 954 g/mol. The first-order valence-electron chi connectivity index (χ1n) is 20.2. The molecule has 60 heavy (non-hydrogen) atoms. The molecule has 9 rings (SSSR count). The van der Waals surface area contributed by atoms with E-state index < -0.39 is 0 Å². The molecular formula is C55H45IrN4. The van der Waals surface area contributed by atoms with Gasteiger partial charge in [-0.2, -0.15) is 28.9 Å². The predicted molar refractivity (Wildman–Crippen MR) is 241 cm³/mol. The number of benzene rings is 6. The molecule has 294 valence electrons. The van der Waals surface area contributed by atoms with Crippen LogP contribution >= 0.6 is 0 Å². The van der Waals surface area contributed by atoms with Gasteiger partial charge >= 0.3 is 20.1 Å². The average Bonchev–Trinajstić information content (AvgIpc) is 3.85. The molecule has 9 aromatic rings. The van der Waals surface area contributed by atoms with E-state index in [9.17, 15) is 0 Å². The predicted octanol–water partition coefficient (Wildman–Crippen LogP) is 12.6. The number of nitrogens with zero attached hydrogens (tertiary/aromatic N) is 4. The van der Waals surface area contributed by atoms with Crippen molar-refractivity contribution in [1.82, 2.24) is 19.7 Å². The summed E-state index contributed by atoms with van der Waals surface area (Å²) in [6, 6.07) is 66.5. The summed E-state index contributed by atoms with van der Waals surface area (Å²) < 4.78 is 1.83. The van der Waals surface area contributed by atoms with Gasteiger partial charge in [-0.05, 0) is 112 Å². The maximum atomic E-state index is 4.62. The fraction of sp³-hybridized carbons (Fsp3) is 0.109. The Bertz CT molecular complexity index is 2670. The fourth-order valence-electron chi connectivity index (χ4n) is 7.46. The van der Waals surface area contributed by atoms with E-state index in [1.807, 2.05) is 77.9 Å². The van der Waals surface area contributed by atoms with E-state index in [4.69, 9.17) is 0 Å². The smallest absolute Gasteiger partial charge is 0.305 e. The van der Waals surface area contributed by atoms with Gasteiger partial charge in [0.25, 0.3) is 0 Å². The minimum absolute atomic E-state index is 0. The molecule has 0 saturated carbocycles. The maximum absolute atomic E-state index is 4.62. The van der Waals surface area contributed by atoms with Gasteiger partial charge in [-0.3, -0.25) is 4.68 Å². The van der Waals surface area contributed by atoms with Gasteiger partial charge in [-0.1, -0.05) is 91.3 Å². The molecule has 0 aliphatic heterocycles. The largest absolute Gasteiger partial charge is 3.00 e. The fourth-order valence-corrected chi connectivity index (χ4v) is 7.46. The Morgan fingerprint density at radius 3 is 1.77 bits per heavy atom. The number of aromatic nitrogens is 4. The number of aryl methyl sites for hydroxylation is 6. The number of rotatable bonds is 11. The van der Waals surface area contributed by atoms with Crippen LogP contribution in [0.3, 0.4) is 0 Å². The molecule has 3 aromatic heterocycles. The van der Waals surface area contributed by atoms with Crippen LogP contribution in [0.5, 0.6) is 0 Å². The molecule has 0 N–H and O–H groups in total. The van der Waals surface area contributed by atoms with Crippen molar-refractivity contribution in [2.24, 2.45) is 0 Å². The van der Waals surface area contributed by atoms with Crippen molar-refractivity contribution < 1.29 is 20.1 Å². The topological polar surface area (TPSA) is 43.6 Å². The van der Waals surface area contributed by atoms with Crippen LogP contribution in [0.25, 0.3) is 50.5 Å². The standard InChI is InChI=1S/C30H25N3.C25H20N.Ir/c1-2-8-28(9-3-1)30-19-16-27(23-31-30)13-12-26-7-4-6-25(22-26)11-10-24-14-17-29(18-15-24)33-21-5-20-32-33;1-18-15-23(20-9-5-3-6-10-20)16-19(2)25(18)22-13-14-26-24(17-22)21-11-7-4-8-12-21;/h1-8,14-17,19-23H,10-13H2;3-11,13-17H,1-2H3;/q-2;-1;+3. The van der Waals surface area contributed by atoms with Gasteiger partial charge in [-0.15, -0.1) is 77.9 Å². The van der Waals surface area contributed by atoms with Crippen LogP contribution in [0.15, 0.2) is 189 Å². The minimum atomic E-state index is 0. The second-order valence-electron chi connectivity index (χ2n) is 14.7. The van der Waals surface area contributed by atoms with Gasteiger partial charge in [0, 0.05) is 24.8 Å². The van der Waals surface area contributed by atoms with E-state index in [1.165, 1.54) is 55.6 Å². The van der Waals surface area contributed by atoms with Gasteiger partial charge in [0.15, 0.2) is 0 Å². The molecule has 0 fully saturated rings. The Hall–Kier alpha value is -6.52. The second-order valence-corrected chi connectivity index (χ2v) is 14.7. The zero-order chi connectivity index (χ0) is 40.2. The first kappa shape index (κ1) is 41.6. The van der Waals surface area contributed by atoms with Crippen molar-refractivity contribution in [1.29, 1.82) is 0 Å². The van der Waals surface area contributed by atoms with Crippen LogP contribution < -0.4 is 0 Å². The Morgan fingerprint density at radius 2 is 1.15 bits per heavy atom. The SMILES string of the molecule is Cc1cc(-c2ccccc2)cc(C)c1-c1ccnc(-c2[c-]cccc2)c1.[Ir+3].[c-]1ccccc1-c1ccc(CCc2cccc(CCc3c[c-]c(-n4cccn4)cc3)c2)cn1. The molecule has 0 unspecified atom stereocenters. The Kier molecular flexibility index (Phi) is 14.2. The summed E-state index contributed by atoms with van der Waals surface area (Å²) in [5, 5.41) is 4.26. The molecule has 6 aromatic carbocycles. The zero-order valence-electron chi connectivity index (χ0n) is 33.8. The number of hydrogen-bond donors (Lipinski definition) is 0. The molecule has 0 spiro atoms. The Balaban J connectivity index is 0.000000183. The molecule has 4 nitrogen and oxygen atoms in total. The summed E-state index contributed by atoms with van der Waals surface area (Å²) in [4.78, 5) is 9.15. The van der Waals surface area contributed by atoms with Gasteiger partial charge in [0.05, 0.1) is 0 Å². The number of hydrogen-bond acceptors (Lipinski definition) is 3. The van der Waals surface area contributed by atoms with Crippen molar-refractivity contribution in [3.05, 3.63) is 240 Å². The summed E-state index contributed by atoms with van der Waals surface area (Å²) in [5.41, 5.74) is 17.8. The van der Waals surface area contributed by atoms with Gasteiger partial charge in [0.2, 0.25) is 0 Å². The van der Waals surface area contributed by atoms with Crippen molar-refractivity contribution >= 4 is 0 Å². The van der Waals surface area contributed by atoms with E-state index in [0.717, 1.165) is 53.9 Å². The molecule has 0 aliphatic rings. The molecule has 5 heteroatoms. The molecule has 0 amide bonds. The molecule has 0 bridgehead atoms. The van der Waals surface area contributed by atoms with Gasteiger partial charge in [0.1, 0.15) is 0 Å². The monoisotopic (exact) mass is 954 g/mol. The molecule has 0 aliphatic carbocycles. The summed E-state index contributed by atoms with van der Waals surface area (Å²) in [6.45, 7) is 4.37. The van der Waals surface area contributed by atoms with E-state index >= 15 is 0 Å². The first-order chi connectivity index (χ1) is 29.1. The van der Waals surface area contributed by atoms with Crippen LogP contribution in [0, 0.1) is 32.0 Å². The normalized spacial score (nSPS) is 10.6. The summed E-state index contributed by atoms with van der Waals surface area (Å²) in [5.74, 6) is 0. The van der Waals surface area contributed by atoms with Gasteiger partial charge in [-0.25, -0.2) is 0 Å². The van der Waals surface area contributed by atoms with Crippen LogP contribution in [0.1, 0.15) is 33.4 Å². The minimum Gasteiger partial charge on any atom is -0.305 e. The van der Waals surface area contributed by atoms with Crippen LogP contribution in [0.2, 0.25) is 0 Å². The third-order valence-electron chi connectivity index (χ3n) is 10.5. The summed E-state index contributed by atoms with van der Waals surface area (Å²) in [6.07, 6.45) is 11.6. The number of pyridine rings is 2.